The Morgan fingerprint density at radius 1 is 1.29 bits per heavy atom. The van der Waals surface area contributed by atoms with E-state index in [1.807, 2.05) is 0 Å². The van der Waals surface area contributed by atoms with Crippen LogP contribution < -0.4 is 0 Å². The molecule has 2 heteroatoms. The molecule has 0 radical (unpaired) electrons. The maximum Gasteiger partial charge on any atom is 0.303 e. The van der Waals surface area contributed by atoms with E-state index < -0.39 is 5.97 Å². The molecule has 82 valence electrons. The molecule has 0 aliphatic heterocycles. The number of carboxylic acid groups (broad SMARTS) is 1. The molecule has 0 aromatic carbocycles. The molecule has 0 spiro atoms. The Labute approximate surface area is 86.7 Å². The summed E-state index contributed by atoms with van der Waals surface area (Å²) >= 11 is 0. The molecule has 0 aromatic heterocycles. The van der Waals surface area contributed by atoms with Crippen LogP contribution in [0, 0.1) is 11.3 Å². The van der Waals surface area contributed by atoms with Crippen molar-refractivity contribution in [3.8, 4) is 0 Å². The number of hydrogen-bond acceptors (Lipinski definition) is 1. The molecule has 1 aliphatic carbocycles. The molecule has 1 rings (SSSR count). The molecule has 0 bridgehead atoms. The van der Waals surface area contributed by atoms with Gasteiger partial charge in [-0.05, 0) is 24.2 Å². The number of hydrogen-bond donors (Lipinski definition) is 1. The SMILES string of the molecule is CCCC(CCC)C1(CC(=O)O)CC1. The largest absolute Gasteiger partial charge is 0.481 e. The van der Waals surface area contributed by atoms with E-state index in [-0.39, 0.29) is 5.41 Å². The van der Waals surface area contributed by atoms with Gasteiger partial charge in [0.05, 0.1) is 6.42 Å². The van der Waals surface area contributed by atoms with Crippen LogP contribution in [-0.2, 0) is 4.79 Å². The van der Waals surface area contributed by atoms with Crippen molar-refractivity contribution in [2.75, 3.05) is 0 Å². The van der Waals surface area contributed by atoms with Crippen molar-refractivity contribution in [2.45, 2.75) is 58.8 Å². The average molecular weight is 198 g/mol. The lowest BCUT2D eigenvalue weighted by molar-refractivity contribution is -0.139. The minimum atomic E-state index is -0.611. The van der Waals surface area contributed by atoms with Gasteiger partial charge in [0.25, 0.3) is 0 Å². The highest BCUT2D eigenvalue weighted by Gasteiger charge is 2.49. The van der Waals surface area contributed by atoms with Crippen LogP contribution >= 0.6 is 0 Å². The van der Waals surface area contributed by atoms with Crippen molar-refractivity contribution in [2.24, 2.45) is 11.3 Å². The zero-order chi connectivity index (χ0) is 10.6. The van der Waals surface area contributed by atoms with E-state index in [1.54, 1.807) is 0 Å². The lowest BCUT2D eigenvalue weighted by Gasteiger charge is -2.25. The van der Waals surface area contributed by atoms with Crippen LogP contribution in [0.15, 0.2) is 0 Å². The van der Waals surface area contributed by atoms with Crippen LogP contribution in [0.5, 0.6) is 0 Å². The zero-order valence-electron chi connectivity index (χ0n) is 9.38. The third-order valence-electron chi connectivity index (χ3n) is 3.54. The Morgan fingerprint density at radius 3 is 2.07 bits per heavy atom. The summed E-state index contributed by atoms with van der Waals surface area (Å²) in [5.74, 6) is 0.0494. The highest BCUT2D eigenvalue weighted by Crippen LogP contribution is 2.57. The highest BCUT2D eigenvalue weighted by molar-refractivity contribution is 5.68. The van der Waals surface area contributed by atoms with Crippen molar-refractivity contribution >= 4 is 5.97 Å². The fraction of sp³-hybridized carbons (Fsp3) is 0.917. The molecule has 0 amide bonds. The predicted molar refractivity (Wildman–Crippen MR) is 57.2 cm³/mol. The first-order valence-corrected chi connectivity index (χ1v) is 5.86. The van der Waals surface area contributed by atoms with Gasteiger partial charge >= 0.3 is 5.97 Å². The van der Waals surface area contributed by atoms with Crippen LogP contribution in [0.4, 0.5) is 0 Å². The molecule has 1 N–H and O–H groups in total. The third-order valence-corrected chi connectivity index (χ3v) is 3.54. The number of aliphatic carboxylic acids is 1. The first-order valence-electron chi connectivity index (χ1n) is 5.86. The van der Waals surface area contributed by atoms with Crippen LogP contribution in [-0.4, -0.2) is 11.1 Å². The third kappa shape index (κ3) is 2.73. The molecule has 14 heavy (non-hydrogen) atoms. The van der Waals surface area contributed by atoms with E-state index in [0.717, 1.165) is 12.8 Å². The monoisotopic (exact) mass is 198 g/mol. The second-order valence-corrected chi connectivity index (χ2v) is 4.71. The molecule has 0 aromatic rings. The smallest absolute Gasteiger partial charge is 0.303 e. The molecule has 1 aliphatic rings. The summed E-state index contributed by atoms with van der Waals surface area (Å²) in [7, 11) is 0. The lowest BCUT2D eigenvalue weighted by Crippen LogP contribution is -2.19. The van der Waals surface area contributed by atoms with Crippen LogP contribution in [0.3, 0.4) is 0 Å². The van der Waals surface area contributed by atoms with E-state index in [1.165, 1.54) is 25.7 Å². The van der Waals surface area contributed by atoms with Crippen LogP contribution in [0.2, 0.25) is 0 Å². The summed E-state index contributed by atoms with van der Waals surface area (Å²) in [6, 6.07) is 0. The summed E-state index contributed by atoms with van der Waals surface area (Å²) in [6.07, 6.45) is 7.48. The van der Waals surface area contributed by atoms with Gasteiger partial charge in [0.2, 0.25) is 0 Å². The molecule has 0 unspecified atom stereocenters. The molecule has 2 nitrogen and oxygen atoms in total. The lowest BCUT2D eigenvalue weighted by atomic mass is 9.80. The fourth-order valence-corrected chi connectivity index (χ4v) is 2.64. The number of carboxylic acids is 1. The number of rotatable bonds is 7. The summed E-state index contributed by atoms with van der Waals surface area (Å²) < 4.78 is 0. The fourth-order valence-electron chi connectivity index (χ4n) is 2.64. The van der Waals surface area contributed by atoms with Crippen LogP contribution in [0.1, 0.15) is 58.8 Å². The van der Waals surface area contributed by atoms with Crippen molar-refractivity contribution in [1.29, 1.82) is 0 Å². The maximum absolute atomic E-state index is 10.8. The van der Waals surface area contributed by atoms with Gasteiger partial charge in [0.15, 0.2) is 0 Å². The molecule has 1 fully saturated rings. The van der Waals surface area contributed by atoms with Gasteiger partial charge in [-0.25, -0.2) is 0 Å². The second kappa shape index (κ2) is 4.81. The molecule has 1 saturated carbocycles. The Morgan fingerprint density at radius 2 is 1.79 bits per heavy atom. The van der Waals surface area contributed by atoms with Gasteiger partial charge in [-0.15, -0.1) is 0 Å². The highest BCUT2D eigenvalue weighted by atomic mass is 16.4. The van der Waals surface area contributed by atoms with Gasteiger partial charge < -0.3 is 5.11 Å². The first-order chi connectivity index (χ1) is 6.64. The Bertz CT molecular complexity index is 188. The van der Waals surface area contributed by atoms with E-state index >= 15 is 0 Å². The molecular weight excluding hydrogens is 176 g/mol. The predicted octanol–water partition coefficient (Wildman–Crippen LogP) is 3.46. The molecular formula is C12H22O2. The Kier molecular flexibility index (Phi) is 3.97. The van der Waals surface area contributed by atoms with E-state index in [4.69, 9.17) is 5.11 Å². The van der Waals surface area contributed by atoms with Crippen molar-refractivity contribution in [3.05, 3.63) is 0 Å². The molecule has 0 saturated heterocycles. The van der Waals surface area contributed by atoms with E-state index in [2.05, 4.69) is 13.8 Å². The number of carbonyl (C=O) groups is 1. The van der Waals surface area contributed by atoms with Gasteiger partial charge in [-0.1, -0.05) is 39.5 Å². The van der Waals surface area contributed by atoms with Crippen molar-refractivity contribution in [3.63, 3.8) is 0 Å². The van der Waals surface area contributed by atoms with Crippen LogP contribution in [0.25, 0.3) is 0 Å². The normalized spacial score (nSPS) is 18.5. The van der Waals surface area contributed by atoms with Gasteiger partial charge in [0, 0.05) is 0 Å². The second-order valence-electron chi connectivity index (χ2n) is 4.71. The quantitative estimate of drug-likeness (QED) is 0.680. The average Bonchev–Trinajstić information content (AvgIpc) is 2.84. The van der Waals surface area contributed by atoms with Crippen molar-refractivity contribution < 1.29 is 9.90 Å². The Balaban J connectivity index is 2.52. The molecule has 0 heterocycles. The summed E-state index contributed by atoms with van der Waals surface area (Å²) in [5.41, 5.74) is 0.192. The van der Waals surface area contributed by atoms with Gasteiger partial charge in [0.1, 0.15) is 0 Å². The summed E-state index contributed by atoms with van der Waals surface area (Å²) in [4.78, 5) is 10.8. The van der Waals surface area contributed by atoms with Gasteiger partial charge in [-0.3, -0.25) is 4.79 Å². The minimum absolute atomic E-state index is 0.192. The van der Waals surface area contributed by atoms with Crippen molar-refractivity contribution in [1.82, 2.24) is 0 Å². The standard InChI is InChI=1S/C12H22O2/c1-3-5-10(6-4-2)12(7-8-12)9-11(13)14/h10H,3-9H2,1-2H3,(H,13,14). The van der Waals surface area contributed by atoms with Gasteiger partial charge in [-0.2, -0.15) is 0 Å². The minimum Gasteiger partial charge on any atom is -0.481 e. The first kappa shape index (κ1) is 11.5. The summed E-state index contributed by atoms with van der Waals surface area (Å²) in [6.45, 7) is 4.39. The topological polar surface area (TPSA) is 37.3 Å². The maximum atomic E-state index is 10.8. The van der Waals surface area contributed by atoms with E-state index in [0.29, 0.717) is 12.3 Å². The zero-order valence-corrected chi connectivity index (χ0v) is 9.38. The summed E-state index contributed by atoms with van der Waals surface area (Å²) in [5, 5.41) is 8.87. The Hall–Kier alpha value is -0.530. The molecule has 0 atom stereocenters. The van der Waals surface area contributed by atoms with E-state index in [9.17, 15) is 4.79 Å².